The molecule has 3 rings (SSSR count). The van der Waals surface area contributed by atoms with Crippen LogP contribution < -0.4 is 5.32 Å². The van der Waals surface area contributed by atoms with Crippen molar-refractivity contribution in [1.29, 1.82) is 0 Å². The molecule has 0 radical (unpaired) electrons. The van der Waals surface area contributed by atoms with Crippen molar-refractivity contribution in [2.24, 2.45) is 0 Å². The molecule has 0 unspecified atom stereocenters. The lowest BCUT2D eigenvalue weighted by molar-refractivity contribution is 0.0697. The number of hydrogen-bond acceptors (Lipinski definition) is 4. The Morgan fingerprint density at radius 1 is 1.39 bits per heavy atom. The van der Waals surface area contributed by atoms with Crippen molar-refractivity contribution in [3.8, 4) is 0 Å². The maximum Gasteiger partial charge on any atom is 0.335 e. The van der Waals surface area contributed by atoms with Crippen molar-refractivity contribution in [2.75, 3.05) is 5.32 Å². The standard InChI is InChI=1S/C12H10ClN3O2/c13-12-15-9-5-6(11(17)18)1-4-8(9)10(16-12)14-7-2-3-7/h1,4-5,7H,2-3H2,(H,17,18)(H,14,15,16). The zero-order chi connectivity index (χ0) is 12.7. The Morgan fingerprint density at radius 2 is 2.17 bits per heavy atom. The number of carboxylic acid groups (broad SMARTS) is 1. The Hall–Kier alpha value is -1.88. The monoisotopic (exact) mass is 263 g/mol. The number of benzene rings is 1. The van der Waals surface area contributed by atoms with E-state index in [2.05, 4.69) is 15.3 Å². The van der Waals surface area contributed by atoms with Crippen LogP contribution in [0.3, 0.4) is 0 Å². The number of carbonyl (C=O) groups is 1. The molecular formula is C12H10ClN3O2. The van der Waals surface area contributed by atoms with Crippen LogP contribution in [0.4, 0.5) is 5.82 Å². The number of aromatic carboxylic acids is 1. The van der Waals surface area contributed by atoms with E-state index < -0.39 is 5.97 Å². The quantitative estimate of drug-likeness (QED) is 0.833. The minimum atomic E-state index is -0.983. The summed E-state index contributed by atoms with van der Waals surface area (Å²) in [5.41, 5.74) is 0.729. The molecule has 6 heteroatoms. The van der Waals surface area contributed by atoms with Gasteiger partial charge >= 0.3 is 5.97 Å². The molecule has 18 heavy (non-hydrogen) atoms. The van der Waals surface area contributed by atoms with Crippen LogP contribution in [0.15, 0.2) is 18.2 Å². The van der Waals surface area contributed by atoms with Gasteiger partial charge in [0.1, 0.15) is 5.82 Å². The first-order chi connectivity index (χ1) is 8.63. The van der Waals surface area contributed by atoms with Gasteiger partial charge < -0.3 is 10.4 Å². The van der Waals surface area contributed by atoms with Gasteiger partial charge in [-0.05, 0) is 42.6 Å². The van der Waals surface area contributed by atoms with Crippen molar-refractivity contribution in [2.45, 2.75) is 18.9 Å². The highest BCUT2D eigenvalue weighted by molar-refractivity contribution is 6.28. The molecule has 5 nitrogen and oxygen atoms in total. The molecule has 0 atom stereocenters. The van der Waals surface area contributed by atoms with Crippen LogP contribution in [0.1, 0.15) is 23.2 Å². The molecular weight excluding hydrogens is 254 g/mol. The number of rotatable bonds is 3. The summed E-state index contributed by atoms with van der Waals surface area (Å²) in [5.74, 6) is -0.312. The summed E-state index contributed by atoms with van der Waals surface area (Å²) in [4.78, 5) is 19.1. The number of aromatic nitrogens is 2. The molecule has 2 N–H and O–H groups in total. The van der Waals surface area contributed by atoms with Crippen molar-refractivity contribution < 1.29 is 9.90 Å². The fourth-order valence-corrected chi connectivity index (χ4v) is 1.94. The molecule has 1 aliphatic rings. The summed E-state index contributed by atoms with van der Waals surface area (Å²) in [6.07, 6.45) is 2.24. The van der Waals surface area contributed by atoms with E-state index in [0.29, 0.717) is 17.4 Å². The minimum Gasteiger partial charge on any atom is -0.478 e. The van der Waals surface area contributed by atoms with Crippen LogP contribution in [0.2, 0.25) is 5.28 Å². The van der Waals surface area contributed by atoms with Gasteiger partial charge in [-0.1, -0.05) is 0 Å². The SMILES string of the molecule is O=C(O)c1ccc2c(NC3CC3)nc(Cl)nc2c1. The highest BCUT2D eigenvalue weighted by Crippen LogP contribution is 2.29. The second-order valence-electron chi connectivity index (χ2n) is 4.30. The molecule has 1 aromatic heterocycles. The van der Waals surface area contributed by atoms with Gasteiger partial charge in [-0.2, -0.15) is 0 Å². The summed E-state index contributed by atoms with van der Waals surface area (Å²) in [5, 5.41) is 13.1. The van der Waals surface area contributed by atoms with Crippen molar-refractivity contribution in [3.05, 3.63) is 29.0 Å². The third-order valence-corrected chi connectivity index (χ3v) is 3.00. The van der Waals surface area contributed by atoms with E-state index in [0.717, 1.165) is 18.2 Å². The van der Waals surface area contributed by atoms with Crippen LogP contribution in [-0.2, 0) is 0 Å². The first kappa shape index (κ1) is 11.2. The van der Waals surface area contributed by atoms with Gasteiger partial charge in [0.15, 0.2) is 0 Å². The number of anilines is 1. The van der Waals surface area contributed by atoms with Crippen molar-refractivity contribution >= 4 is 34.3 Å². The van der Waals surface area contributed by atoms with E-state index in [1.54, 1.807) is 12.1 Å². The smallest absolute Gasteiger partial charge is 0.335 e. The van der Waals surface area contributed by atoms with Crippen LogP contribution in [0.5, 0.6) is 0 Å². The highest BCUT2D eigenvalue weighted by atomic mass is 35.5. The number of fused-ring (bicyclic) bond motifs is 1. The molecule has 0 spiro atoms. The Labute approximate surface area is 108 Å². The Kier molecular flexibility index (Phi) is 2.56. The lowest BCUT2D eigenvalue weighted by Crippen LogP contribution is -2.05. The molecule has 1 fully saturated rings. The maximum atomic E-state index is 10.9. The fraction of sp³-hybridized carbons (Fsp3) is 0.250. The number of nitrogens with one attached hydrogen (secondary N) is 1. The zero-order valence-electron chi connectivity index (χ0n) is 9.35. The number of halogens is 1. The van der Waals surface area contributed by atoms with E-state index in [-0.39, 0.29) is 10.8 Å². The summed E-state index contributed by atoms with van der Waals surface area (Å²) in [6.45, 7) is 0. The van der Waals surface area contributed by atoms with Crippen LogP contribution >= 0.6 is 11.6 Å². The van der Waals surface area contributed by atoms with Gasteiger partial charge in [-0.15, -0.1) is 0 Å². The summed E-state index contributed by atoms with van der Waals surface area (Å²) < 4.78 is 0. The highest BCUT2D eigenvalue weighted by Gasteiger charge is 2.22. The molecule has 2 aromatic rings. The Balaban J connectivity index is 2.14. The van der Waals surface area contributed by atoms with Gasteiger partial charge in [-0.25, -0.2) is 14.8 Å². The molecule has 0 saturated heterocycles. The van der Waals surface area contributed by atoms with E-state index in [1.807, 2.05) is 0 Å². The summed E-state index contributed by atoms with van der Waals surface area (Å²) >= 11 is 5.85. The predicted octanol–water partition coefficient (Wildman–Crippen LogP) is 2.56. The summed E-state index contributed by atoms with van der Waals surface area (Å²) in [6, 6.07) is 5.20. The first-order valence-electron chi connectivity index (χ1n) is 5.60. The Morgan fingerprint density at radius 3 is 2.83 bits per heavy atom. The van der Waals surface area contributed by atoms with Gasteiger partial charge in [0.05, 0.1) is 11.1 Å². The normalized spacial score (nSPS) is 14.7. The third-order valence-electron chi connectivity index (χ3n) is 2.83. The van der Waals surface area contributed by atoms with Crippen molar-refractivity contribution in [1.82, 2.24) is 9.97 Å². The molecule has 0 aliphatic heterocycles. The minimum absolute atomic E-state index is 0.119. The molecule has 1 heterocycles. The van der Waals surface area contributed by atoms with E-state index in [4.69, 9.17) is 16.7 Å². The third kappa shape index (κ3) is 2.09. The second-order valence-corrected chi connectivity index (χ2v) is 4.63. The number of carboxylic acids is 1. The van der Waals surface area contributed by atoms with Crippen molar-refractivity contribution in [3.63, 3.8) is 0 Å². The largest absolute Gasteiger partial charge is 0.478 e. The summed E-state index contributed by atoms with van der Waals surface area (Å²) in [7, 11) is 0. The van der Waals surface area contributed by atoms with E-state index in [1.165, 1.54) is 6.07 Å². The number of nitrogens with zero attached hydrogens (tertiary/aromatic N) is 2. The molecule has 1 aliphatic carbocycles. The number of hydrogen-bond donors (Lipinski definition) is 2. The average molecular weight is 264 g/mol. The topological polar surface area (TPSA) is 75.1 Å². The molecule has 1 aromatic carbocycles. The van der Waals surface area contributed by atoms with Gasteiger partial charge in [0.2, 0.25) is 5.28 Å². The van der Waals surface area contributed by atoms with Crippen LogP contribution in [0.25, 0.3) is 10.9 Å². The predicted molar refractivity (Wildman–Crippen MR) is 68.2 cm³/mol. The van der Waals surface area contributed by atoms with E-state index >= 15 is 0 Å². The average Bonchev–Trinajstić information content (AvgIpc) is 3.11. The lowest BCUT2D eigenvalue weighted by Gasteiger charge is -2.08. The molecule has 0 bridgehead atoms. The molecule has 1 saturated carbocycles. The molecule has 0 amide bonds. The lowest BCUT2D eigenvalue weighted by atomic mass is 10.1. The maximum absolute atomic E-state index is 10.9. The first-order valence-corrected chi connectivity index (χ1v) is 5.98. The Bertz CT molecular complexity index is 641. The zero-order valence-corrected chi connectivity index (χ0v) is 10.1. The van der Waals surface area contributed by atoms with E-state index in [9.17, 15) is 4.79 Å². The fourth-order valence-electron chi connectivity index (χ4n) is 1.77. The second kappa shape index (κ2) is 4.10. The van der Waals surface area contributed by atoms with Gasteiger partial charge in [0.25, 0.3) is 0 Å². The van der Waals surface area contributed by atoms with Crippen LogP contribution in [-0.4, -0.2) is 27.1 Å². The van der Waals surface area contributed by atoms with Crippen LogP contribution in [0, 0.1) is 0 Å². The van der Waals surface area contributed by atoms with Gasteiger partial charge in [0, 0.05) is 11.4 Å². The van der Waals surface area contributed by atoms with Gasteiger partial charge in [-0.3, -0.25) is 0 Å². The molecule has 92 valence electrons.